The highest BCUT2D eigenvalue weighted by atomic mass is 32.2. The molecule has 0 bridgehead atoms. The van der Waals surface area contributed by atoms with Crippen molar-refractivity contribution in [3.8, 4) is 11.5 Å². The number of unbranched alkanes of at least 4 members (excludes halogenated alkanes) is 6. The summed E-state index contributed by atoms with van der Waals surface area (Å²) >= 11 is 1.81. The second-order valence-corrected chi connectivity index (χ2v) is 12.0. The highest BCUT2D eigenvalue weighted by Gasteiger charge is 2.19. The Morgan fingerprint density at radius 3 is 1.88 bits per heavy atom. The van der Waals surface area contributed by atoms with Crippen molar-refractivity contribution >= 4 is 22.9 Å². The van der Waals surface area contributed by atoms with Crippen molar-refractivity contribution in [1.29, 1.82) is 0 Å². The Bertz CT molecular complexity index is 1150. The zero-order chi connectivity index (χ0) is 29.3. The van der Waals surface area contributed by atoms with Crippen LogP contribution >= 0.6 is 11.8 Å². The smallest absolute Gasteiger partial charge is 0.245 e. The average molecular weight is 581 g/mol. The van der Waals surface area contributed by atoms with Crippen LogP contribution in [-0.4, -0.2) is 29.1 Å². The number of phenols is 1. The van der Waals surface area contributed by atoms with Gasteiger partial charge >= 0.3 is 0 Å². The molecule has 0 saturated heterocycles. The van der Waals surface area contributed by atoms with Gasteiger partial charge in [0, 0.05) is 6.42 Å². The van der Waals surface area contributed by atoms with Gasteiger partial charge in [-0.25, -0.2) is 8.78 Å². The number of alkyl halides is 2. The number of hydrogen-bond donors (Lipinski definition) is 1. The molecule has 0 aliphatic carbocycles. The molecule has 0 aliphatic heterocycles. The molecular weight excluding hydrogens is 534 g/mol. The normalized spacial score (nSPS) is 12.3. The van der Waals surface area contributed by atoms with Gasteiger partial charge in [-0.1, -0.05) is 93.6 Å². The first-order valence-electron chi connectivity index (χ1n) is 15.1. The molecule has 0 aliphatic rings. The third-order valence-corrected chi connectivity index (χ3v) is 8.34. The first-order chi connectivity index (χ1) is 19.9. The van der Waals surface area contributed by atoms with Gasteiger partial charge in [0.05, 0.1) is 6.61 Å². The van der Waals surface area contributed by atoms with E-state index in [1.165, 1.54) is 55.2 Å². The van der Waals surface area contributed by atoms with Crippen molar-refractivity contribution in [2.24, 2.45) is 0 Å². The van der Waals surface area contributed by atoms with E-state index in [1.807, 2.05) is 30.0 Å². The van der Waals surface area contributed by atoms with Crippen LogP contribution < -0.4 is 4.74 Å². The Kier molecular flexibility index (Phi) is 14.3. The fourth-order valence-electron chi connectivity index (χ4n) is 4.99. The molecule has 0 saturated carbocycles. The van der Waals surface area contributed by atoms with E-state index in [0.717, 1.165) is 54.8 Å². The van der Waals surface area contributed by atoms with Crippen molar-refractivity contribution in [3.63, 3.8) is 0 Å². The monoisotopic (exact) mass is 580 g/mol. The molecule has 0 heterocycles. The van der Waals surface area contributed by atoms with Crippen molar-refractivity contribution < 1.29 is 18.6 Å². The molecule has 3 aromatic carbocycles. The number of benzene rings is 3. The Morgan fingerprint density at radius 2 is 1.27 bits per heavy atom. The fourth-order valence-corrected chi connectivity index (χ4v) is 5.95. The van der Waals surface area contributed by atoms with Crippen LogP contribution in [0.5, 0.6) is 11.5 Å². The number of phenolic OH excluding ortho intramolecular Hbond substituents is 1. The molecule has 0 amide bonds. The first kappa shape index (κ1) is 32.7. The predicted octanol–water partition coefficient (Wildman–Crippen LogP) is 11.0. The highest BCUT2D eigenvalue weighted by molar-refractivity contribution is 7.99. The number of ether oxygens (including phenoxy) is 1. The minimum absolute atomic E-state index is 0.00285. The van der Waals surface area contributed by atoms with E-state index in [2.05, 4.69) is 55.5 Å². The van der Waals surface area contributed by atoms with Gasteiger partial charge in [-0.3, -0.25) is 0 Å². The van der Waals surface area contributed by atoms with Crippen molar-refractivity contribution in [3.05, 3.63) is 95.6 Å². The van der Waals surface area contributed by atoms with E-state index in [4.69, 9.17) is 4.74 Å². The summed E-state index contributed by atoms with van der Waals surface area (Å²) in [4.78, 5) is 0. The summed E-state index contributed by atoms with van der Waals surface area (Å²) in [5.41, 5.74) is 5.85. The van der Waals surface area contributed by atoms with Crippen molar-refractivity contribution in [2.45, 2.75) is 84.0 Å². The number of aromatic hydroxyl groups is 1. The zero-order valence-corrected chi connectivity index (χ0v) is 25.5. The molecule has 1 N–H and O–H groups in total. The van der Waals surface area contributed by atoms with E-state index in [1.54, 1.807) is 12.1 Å². The molecule has 5 heteroatoms. The highest BCUT2D eigenvalue weighted by Crippen LogP contribution is 2.35. The van der Waals surface area contributed by atoms with E-state index in [0.29, 0.717) is 6.42 Å². The lowest BCUT2D eigenvalue weighted by Gasteiger charge is -2.17. The Hall–Kier alpha value is -2.79. The topological polar surface area (TPSA) is 29.5 Å². The van der Waals surface area contributed by atoms with Crippen LogP contribution in [-0.2, 0) is 0 Å². The van der Waals surface area contributed by atoms with Gasteiger partial charge in [-0.05, 0) is 96.2 Å². The van der Waals surface area contributed by atoms with Gasteiger partial charge in [0.2, 0.25) is 5.92 Å². The van der Waals surface area contributed by atoms with Crippen LogP contribution in [0.2, 0.25) is 0 Å². The summed E-state index contributed by atoms with van der Waals surface area (Å²) in [7, 11) is 0. The van der Waals surface area contributed by atoms with E-state index in [-0.39, 0.29) is 12.2 Å². The Morgan fingerprint density at radius 1 is 0.707 bits per heavy atom. The summed E-state index contributed by atoms with van der Waals surface area (Å²) in [5, 5.41) is 9.84. The third-order valence-electron chi connectivity index (χ3n) is 7.18. The van der Waals surface area contributed by atoms with Gasteiger partial charge in [0.15, 0.2) is 0 Å². The number of rotatable bonds is 19. The number of halogens is 2. The van der Waals surface area contributed by atoms with E-state index >= 15 is 0 Å². The molecule has 3 rings (SSSR count). The maximum atomic E-state index is 12.8. The predicted molar refractivity (Wildman–Crippen MR) is 172 cm³/mol. The molecule has 222 valence electrons. The maximum absolute atomic E-state index is 12.8. The van der Waals surface area contributed by atoms with Crippen LogP contribution in [0, 0.1) is 0 Å². The van der Waals surface area contributed by atoms with E-state index < -0.39 is 5.92 Å². The standard InChI is InChI=1S/C36H46F2O2S/c1-3-34(29-15-10-9-11-16-29)35(30-17-21-32(39)22-18-30)31-19-23-33(24-20-31)40-26-12-7-5-4-6-8-13-27-41-28-14-25-36(2,37)38/h9-11,15-24,39H,3-8,12-14,25-28H2,1-2H3/b35-34-. The summed E-state index contributed by atoms with van der Waals surface area (Å²) < 4.78 is 31.6. The summed E-state index contributed by atoms with van der Waals surface area (Å²) in [6.45, 7) is 3.91. The van der Waals surface area contributed by atoms with Crippen molar-refractivity contribution in [1.82, 2.24) is 0 Å². The molecule has 0 radical (unpaired) electrons. The molecule has 0 fully saturated rings. The lowest BCUT2D eigenvalue weighted by Crippen LogP contribution is -2.09. The van der Waals surface area contributed by atoms with Gasteiger partial charge in [-0.2, -0.15) is 11.8 Å². The second kappa shape index (κ2) is 17.9. The molecule has 2 nitrogen and oxygen atoms in total. The molecule has 0 unspecified atom stereocenters. The summed E-state index contributed by atoms with van der Waals surface area (Å²) in [6.07, 6.45) is 9.83. The minimum atomic E-state index is -2.52. The molecular formula is C36H46F2O2S. The van der Waals surface area contributed by atoms with Crippen LogP contribution in [0.1, 0.15) is 94.7 Å². The molecule has 0 spiro atoms. The van der Waals surface area contributed by atoms with Gasteiger partial charge in [0.25, 0.3) is 0 Å². The van der Waals surface area contributed by atoms with Crippen LogP contribution in [0.4, 0.5) is 8.78 Å². The summed E-state index contributed by atoms with van der Waals surface area (Å²) in [6, 6.07) is 26.3. The molecule has 3 aromatic rings. The second-order valence-electron chi connectivity index (χ2n) is 10.8. The zero-order valence-electron chi connectivity index (χ0n) is 24.7. The third kappa shape index (κ3) is 12.3. The van der Waals surface area contributed by atoms with Crippen molar-refractivity contribution in [2.75, 3.05) is 18.1 Å². The average Bonchev–Trinajstić information content (AvgIpc) is 2.97. The fraction of sp³-hybridized carbons (Fsp3) is 0.444. The molecule has 0 atom stereocenters. The summed E-state index contributed by atoms with van der Waals surface area (Å²) in [5.74, 6) is 0.558. The largest absolute Gasteiger partial charge is 0.508 e. The lowest BCUT2D eigenvalue weighted by molar-refractivity contribution is 0.0126. The van der Waals surface area contributed by atoms with Gasteiger partial charge < -0.3 is 9.84 Å². The lowest BCUT2D eigenvalue weighted by atomic mass is 9.88. The SMILES string of the molecule is CC/C(=C(\c1ccc(O)cc1)c1ccc(OCCCCCCCCCSCCCC(C)(F)F)cc1)c1ccccc1. The number of thioether (sulfide) groups is 1. The Labute approximate surface area is 250 Å². The van der Waals surface area contributed by atoms with Gasteiger partial charge in [-0.15, -0.1) is 0 Å². The number of hydrogen-bond acceptors (Lipinski definition) is 3. The first-order valence-corrected chi connectivity index (χ1v) is 16.3. The van der Waals surface area contributed by atoms with Crippen LogP contribution in [0.15, 0.2) is 78.9 Å². The number of allylic oxidation sites excluding steroid dienone is 1. The van der Waals surface area contributed by atoms with Crippen LogP contribution in [0.25, 0.3) is 11.1 Å². The minimum Gasteiger partial charge on any atom is -0.508 e. The quantitative estimate of drug-likeness (QED) is 0.113. The molecule has 0 aromatic heterocycles. The molecule has 41 heavy (non-hydrogen) atoms. The van der Waals surface area contributed by atoms with Gasteiger partial charge in [0.1, 0.15) is 11.5 Å². The van der Waals surface area contributed by atoms with E-state index in [9.17, 15) is 13.9 Å². The Balaban J connectivity index is 1.40. The maximum Gasteiger partial charge on any atom is 0.245 e. The van der Waals surface area contributed by atoms with Crippen LogP contribution in [0.3, 0.4) is 0 Å².